The van der Waals surface area contributed by atoms with Crippen LogP contribution in [0.4, 0.5) is 0 Å². The van der Waals surface area contributed by atoms with Gasteiger partial charge in [0.1, 0.15) is 12.4 Å². The van der Waals surface area contributed by atoms with Gasteiger partial charge in [0.2, 0.25) is 0 Å². The summed E-state index contributed by atoms with van der Waals surface area (Å²) in [5, 5.41) is 0. The van der Waals surface area contributed by atoms with Crippen molar-refractivity contribution in [1.82, 2.24) is 9.88 Å². The van der Waals surface area contributed by atoms with E-state index in [0.717, 1.165) is 16.8 Å². The van der Waals surface area contributed by atoms with Gasteiger partial charge in [-0.1, -0.05) is 42.5 Å². The standard InChI is InChI=1S/C21H18N2O2/c24-21(23-13-18-9-5-11-22-20(18)14-23)17-8-4-10-19(12-17)25-15-16-6-2-1-3-7-16/h1-12H,13-15H2. The Morgan fingerprint density at radius 1 is 1.00 bits per heavy atom. The van der Waals surface area contributed by atoms with Gasteiger partial charge in [-0.25, -0.2) is 0 Å². The molecule has 0 N–H and O–H groups in total. The summed E-state index contributed by atoms with van der Waals surface area (Å²) in [6, 6.07) is 21.3. The molecule has 0 saturated carbocycles. The molecular weight excluding hydrogens is 312 g/mol. The zero-order valence-electron chi connectivity index (χ0n) is 13.8. The van der Waals surface area contributed by atoms with Crippen LogP contribution in [0.5, 0.6) is 5.75 Å². The normalized spacial score (nSPS) is 12.7. The number of nitrogens with zero attached hydrogens (tertiary/aromatic N) is 2. The van der Waals surface area contributed by atoms with Gasteiger partial charge in [-0.2, -0.15) is 0 Å². The van der Waals surface area contributed by atoms with E-state index in [1.165, 1.54) is 0 Å². The topological polar surface area (TPSA) is 42.4 Å². The molecule has 0 atom stereocenters. The van der Waals surface area contributed by atoms with E-state index in [4.69, 9.17) is 4.74 Å². The minimum Gasteiger partial charge on any atom is -0.489 e. The summed E-state index contributed by atoms with van der Waals surface area (Å²) < 4.78 is 5.82. The fraction of sp³-hybridized carbons (Fsp3) is 0.143. The number of ether oxygens (including phenoxy) is 1. The highest BCUT2D eigenvalue weighted by Crippen LogP contribution is 2.23. The van der Waals surface area contributed by atoms with Gasteiger partial charge in [0.05, 0.1) is 12.2 Å². The molecule has 2 heterocycles. The number of rotatable bonds is 4. The van der Waals surface area contributed by atoms with Crippen molar-refractivity contribution < 1.29 is 9.53 Å². The average molecular weight is 330 g/mol. The Morgan fingerprint density at radius 2 is 1.88 bits per heavy atom. The third-order valence-corrected chi connectivity index (χ3v) is 4.30. The summed E-state index contributed by atoms with van der Waals surface area (Å²) in [5.74, 6) is 0.702. The van der Waals surface area contributed by atoms with Crippen LogP contribution in [-0.4, -0.2) is 15.8 Å². The van der Waals surface area contributed by atoms with Crippen LogP contribution in [0.25, 0.3) is 0 Å². The predicted molar refractivity (Wildman–Crippen MR) is 95.0 cm³/mol. The number of hydrogen-bond acceptors (Lipinski definition) is 3. The molecule has 1 aliphatic heterocycles. The highest BCUT2D eigenvalue weighted by atomic mass is 16.5. The van der Waals surface area contributed by atoms with Gasteiger partial charge in [-0.15, -0.1) is 0 Å². The zero-order valence-corrected chi connectivity index (χ0v) is 13.8. The molecule has 4 heteroatoms. The zero-order chi connectivity index (χ0) is 17.1. The number of hydrogen-bond donors (Lipinski definition) is 0. The van der Waals surface area contributed by atoms with Gasteiger partial charge in [0.25, 0.3) is 5.91 Å². The molecule has 0 aliphatic carbocycles. The number of fused-ring (bicyclic) bond motifs is 1. The third-order valence-electron chi connectivity index (χ3n) is 4.30. The van der Waals surface area contributed by atoms with Crippen LogP contribution in [0.3, 0.4) is 0 Å². The van der Waals surface area contributed by atoms with E-state index in [1.54, 1.807) is 6.20 Å². The second-order valence-electron chi connectivity index (χ2n) is 6.07. The van der Waals surface area contributed by atoms with Gasteiger partial charge in [0, 0.05) is 18.3 Å². The molecule has 0 bridgehead atoms. The van der Waals surface area contributed by atoms with Crippen LogP contribution >= 0.6 is 0 Å². The van der Waals surface area contributed by atoms with Crippen molar-refractivity contribution in [3.63, 3.8) is 0 Å². The molecule has 0 fully saturated rings. The molecule has 25 heavy (non-hydrogen) atoms. The van der Waals surface area contributed by atoms with Gasteiger partial charge in [-0.05, 0) is 35.4 Å². The van der Waals surface area contributed by atoms with E-state index in [9.17, 15) is 4.79 Å². The first-order chi connectivity index (χ1) is 12.3. The van der Waals surface area contributed by atoms with Crippen LogP contribution < -0.4 is 4.74 Å². The Kier molecular flexibility index (Phi) is 4.17. The number of carbonyl (C=O) groups is 1. The average Bonchev–Trinajstić information content (AvgIpc) is 3.11. The maximum absolute atomic E-state index is 12.8. The van der Waals surface area contributed by atoms with Crippen molar-refractivity contribution in [1.29, 1.82) is 0 Å². The molecule has 124 valence electrons. The Balaban J connectivity index is 1.45. The summed E-state index contributed by atoms with van der Waals surface area (Å²) in [7, 11) is 0. The third kappa shape index (κ3) is 3.38. The molecule has 1 aliphatic rings. The molecule has 0 saturated heterocycles. The Bertz CT molecular complexity index is 868. The van der Waals surface area contributed by atoms with Crippen LogP contribution in [-0.2, 0) is 19.7 Å². The van der Waals surface area contributed by atoms with E-state index in [0.29, 0.717) is 31.0 Å². The van der Waals surface area contributed by atoms with E-state index >= 15 is 0 Å². The number of benzene rings is 2. The number of carbonyl (C=O) groups excluding carboxylic acids is 1. The lowest BCUT2D eigenvalue weighted by Gasteiger charge is -2.16. The van der Waals surface area contributed by atoms with Crippen molar-refractivity contribution in [2.75, 3.05) is 0 Å². The van der Waals surface area contributed by atoms with Crippen LogP contribution in [0.1, 0.15) is 27.2 Å². The highest BCUT2D eigenvalue weighted by molar-refractivity contribution is 5.94. The minimum absolute atomic E-state index is 0.00293. The van der Waals surface area contributed by atoms with Gasteiger partial charge in [0.15, 0.2) is 0 Å². The lowest BCUT2D eigenvalue weighted by atomic mass is 10.2. The Labute approximate surface area is 146 Å². The molecule has 2 aromatic carbocycles. The monoisotopic (exact) mass is 330 g/mol. The summed E-state index contributed by atoms with van der Waals surface area (Å²) in [4.78, 5) is 18.9. The smallest absolute Gasteiger partial charge is 0.254 e. The molecule has 0 radical (unpaired) electrons. The van der Waals surface area contributed by atoms with Crippen molar-refractivity contribution in [3.05, 3.63) is 95.3 Å². The Hall–Kier alpha value is -3.14. The molecule has 0 spiro atoms. The maximum Gasteiger partial charge on any atom is 0.254 e. The number of amides is 1. The Morgan fingerprint density at radius 3 is 2.72 bits per heavy atom. The van der Waals surface area contributed by atoms with Crippen LogP contribution in [0.2, 0.25) is 0 Å². The van der Waals surface area contributed by atoms with E-state index < -0.39 is 0 Å². The van der Waals surface area contributed by atoms with E-state index in [2.05, 4.69) is 4.98 Å². The lowest BCUT2D eigenvalue weighted by molar-refractivity contribution is 0.0750. The minimum atomic E-state index is 0.00293. The van der Waals surface area contributed by atoms with Crippen molar-refractivity contribution >= 4 is 5.91 Å². The first kappa shape index (κ1) is 15.4. The van der Waals surface area contributed by atoms with Crippen LogP contribution in [0.15, 0.2) is 72.9 Å². The van der Waals surface area contributed by atoms with E-state index in [1.807, 2.05) is 71.6 Å². The van der Waals surface area contributed by atoms with Gasteiger partial charge < -0.3 is 9.64 Å². The second kappa shape index (κ2) is 6.77. The summed E-state index contributed by atoms with van der Waals surface area (Å²) in [5.41, 5.74) is 3.83. The molecule has 1 aromatic heterocycles. The highest BCUT2D eigenvalue weighted by Gasteiger charge is 2.25. The predicted octanol–water partition coefficient (Wildman–Crippen LogP) is 3.82. The fourth-order valence-electron chi connectivity index (χ4n) is 2.99. The molecule has 0 unspecified atom stereocenters. The van der Waals surface area contributed by atoms with Gasteiger partial charge >= 0.3 is 0 Å². The van der Waals surface area contributed by atoms with Crippen LogP contribution in [0, 0.1) is 0 Å². The molecule has 3 aromatic rings. The quantitative estimate of drug-likeness (QED) is 0.730. The van der Waals surface area contributed by atoms with Crippen molar-refractivity contribution in [2.24, 2.45) is 0 Å². The first-order valence-corrected chi connectivity index (χ1v) is 8.28. The van der Waals surface area contributed by atoms with Gasteiger partial charge in [-0.3, -0.25) is 9.78 Å². The summed E-state index contributed by atoms with van der Waals surface area (Å²) in [6.45, 7) is 1.65. The molecule has 4 rings (SSSR count). The largest absolute Gasteiger partial charge is 0.489 e. The molecule has 4 nitrogen and oxygen atoms in total. The first-order valence-electron chi connectivity index (χ1n) is 8.28. The summed E-state index contributed by atoms with van der Waals surface area (Å²) >= 11 is 0. The number of pyridine rings is 1. The second-order valence-corrected chi connectivity index (χ2v) is 6.07. The summed E-state index contributed by atoms with van der Waals surface area (Å²) in [6.07, 6.45) is 1.77. The van der Waals surface area contributed by atoms with Crippen molar-refractivity contribution in [3.8, 4) is 5.75 Å². The number of aromatic nitrogens is 1. The molecule has 1 amide bonds. The fourth-order valence-corrected chi connectivity index (χ4v) is 2.99. The van der Waals surface area contributed by atoms with Crippen molar-refractivity contribution in [2.45, 2.75) is 19.7 Å². The maximum atomic E-state index is 12.8. The van der Waals surface area contributed by atoms with E-state index in [-0.39, 0.29) is 5.91 Å². The lowest BCUT2D eigenvalue weighted by Crippen LogP contribution is -2.25. The molecular formula is C21H18N2O2. The SMILES string of the molecule is O=C(c1cccc(OCc2ccccc2)c1)N1Cc2cccnc2C1.